The van der Waals surface area contributed by atoms with Gasteiger partial charge in [-0.15, -0.1) is 0 Å². The molecule has 1 aromatic rings. The molecule has 0 amide bonds. The van der Waals surface area contributed by atoms with E-state index in [1.54, 1.807) is 24.3 Å². The summed E-state index contributed by atoms with van der Waals surface area (Å²) in [6.45, 7) is 0. The van der Waals surface area contributed by atoms with Gasteiger partial charge in [0, 0.05) is 32.7 Å². The summed E-state index contributed by atoms with van der Waals surface area (Å²) in [7, 11) is 3.98. The molecule has 1 radical (unpaired) electrons. The molecule has 0 aliphatic carbocycles. The molecule has 19 heavy (non-hydrogen) atoms. The average Bonchev–Trinajstić information content (AvgIpc) is 2.44. The summed E-state index contributed by atoms with van der Waals surface area (Å²) in [6.07, 6.45) is 0.150. The maximum atomic E-state index is 11.9. The number of likely N-dealkylation sites (N-methyl/N-ethyl adjacent to an activating group) is 1. The second kappa shape index (κ2) is 8.41. The van der Waals surface area contributed by atoms with E-state index in [-0.39, 0.29) is 39.1 Å². The van der Waals surface area contributed by atoms with Crippen LogP contribution in [0.2, 0.25) is 0 Å². The van der Waals surface area contributed by atoms with E-state index in [0.717, 1.165) is 5.56 Å². The van der Waals surface area contributed by atoms with Crippen LogP contribution >= 0.6 is 0 Å². The summed E-state index contributed by atoms with van der Waals surface area (Å²) in [5.41, 5.74) is -0.718. The van der Waals surface area contributed by atoms with Gasteiger partial charge in [-0.05, 0) is 13.5 Å². The maximum Gasteiger partial charge on any atom is 0.338 e. The zero-order valence-corrected chi connectivity index (χ0v) is 14.1. The summed E-state index contributed by atoms with van der Waals surface area (Å²) in [5, 5.41) is 2.71. The van der Waals surface area contributed by atoms with Crippen LogP contribution in [-0.4, -0.2) is 38.7 Å². The fourth-order valence-corrected chi connectivity index (χ4v) is 1.71. The van der Waals surface area contributed by atoms with E-state index < -0.39 is 17.5 Å². The van der Waals surface area contributed by atoms with E-state index in [9.17, 15) is 9.59 Å². The zero-order chi connectivity index (χ0) is 13.6. The third-order valence-electron chi connectivity index (χ3n) is 2.75. The van der Waals surface area contributed by atoms with Crippen molar-refractivity contribution in [1.29, 1.82) is 0 Å². The van der Waals surface area contributed by atoms with Crippen LogP contribution in [0.25, 0.3) is 0 Å². The van der Waals surface area contributed by atoms with Crippen LogP contribution in [0.15, 0.2) is 24.3 Å². The monoisotopic (exact) mass is 339 g/mol. The molecule has 0 spiro atoms. The molecule has 0 aliphatic rings. The van der Waals surface area contributed by atoms with Gasteiger partial charge in [-0.3, -0.25) is 5.32 Å². The number of carbonyl (C=O) groups excluding carboxylic acids is 2. The van der Waals surface area contributed by atoms with E-state index in [1.165, 1.54) is 21.3 Å². The summed E-state index contributed by atoms with van der Waals surface area (Å²) in [5.74, 6) is -1.35. The Balaban J connectivity index is 0.00000324. The van der Waals surface area contributed by atoms with Gasteiger partial charge in [0.1, 0.15) is 0 Å². The second-order valence-corrected chi connectivity index (χ2v) is 3.72. The topological polar surface area (TPSA) is 64.6 Å². The van der Waals surface area contributed by atoms with Gasteiger partial charge in [0.2, 0.25) is 5.54 Å². The van der Waals surface area contributed by atoms with Crippen molar-refractivity contribution in [2.45, 2.75) is 12.0 Å². The molecule has 0 fully saturated rings. The molecule has 1 rings (SSSR count). The minimum Gasteiger partial charge on any atom is -0.467 e. The predicted molar refractivity (Wildman–Crippen MR) is 64.8 cm³/mol. The first-order valence-corrected chi connectivity index (χ1v) is 5.41. The molecular formula is C13H16NO4Y-. The molecule has 0 saturated heterocycles. The third kappa shape index (κ3) is 4.09. The number of esters is 2. The SMILES string of the molecule is CNC(Cc1cc[c-]cc1)(C(=O)OC)C(=O)OC.[Y]. The van der Waals surface area contributed by atoms with Crippen LogP contribution in [0.5, 0.6) is 0 Å². The Morgan fingerprint density at radius 1 is 1.21 bits per heavy atom. The summed E-state index contributed by atoms with van der Waals surface area (Å²) in [4.78, 5) is 23.8. The number of hydrogen-bond donors (Lipinski definition) is 1. The van der Waals surface area contributed by atoms with Crippen molar-refractivity contribution in [2.24, 2.45) is 0 Å². The van der Waals surface area contributed by atoms with Crippen LogP contribution in [0.3, 0.4) is 0 Å². The minimum atomic E-state index is -1.52. The molecule has 1 aromatic carbocycles. The van der Waals surface area contributed by atoms with Gasteiger partial charge in [-0.1, -0.05) is 0 Å². The van der Waals surface area contributed by atoms with E-state index >= 15 is 0 Å². The van der Waals surface area contributed by atoms with Crippen LogP contribution in [0.4, 0.5) is 0 Å². The molecule has 0 unspecified atom stereocenters. The maximum absolute atomic E-state index is 11.9. The van der Waals surface area contributed by atoms with Gasteiger partial charge in [-0.25, -0.2) is 9.59 Å². The molecule has 5 nitrogen and oxygen atoms in total. The standard InChI is InChI=1S/C13H16NO4.Y/c1-14-13(11(15)17-2,12(16)18-3)9-10-7-5-4-6-8-10;/h5-8,14H,9H2,1-3H3;/q-1;. The molecule has 0 bridgehead atoms. The second-order valence-electron chi connectivity index (χ2n) is 3.72. The van der Waals surface area contributed by atoms with E-state index in [4.69, 9.17) is 9.47 Å². The van der Waals surface area contributed by atoms with Crippen molar-refractivity contribution in [3.63, 3.8) is 0 Å². The summed E-state index contributed by atoms with van der Waals surface area (Å²) in [6, 6.07) is 9.85. The molecule has 6 heteroatoms. The van der Waals surface area contributed by atoms with Crippen molar-refractivity contribution >= 4 is 11.9 Å². The molecule has 101 valence electrons. The Morgan fingerprint density at radius 3 is 2.05 bits per heavy atom. The molecule has 0 saturated carbocycles. The van der Waals surface area contributed by atoms with Gasteiger partial charge in [0.05, 0.1) is 14.2 Å². The van der Waals surface area contributed by atoms with Gasteiger partial charge < -0.3 is 9.47 Å². The first-order chi connectivity index (χ1) is 8.60. The smallest absolute Gasteiger partial charge is 0.338 e. The summed E-state index contributed by atoms with van der Waals surface area (Å²) < 4.78 is 9.38. The largest absolute Gasteiger partial charge is 0.467 e. The number of benzene rings is 1. The van der Waals surface area contributed by atoms with E-state index in [0.29, 0.717) is 0 Å². The molecule has 0 atom stereocenters. The van der Waals surface area contributed by atoms with Gasteiger partial charge >= 0.3 is 11.9 Å². The average molecular weight is 339 g/mol. The quantitative estimate of drug-likeness (QED) is 0.476. The van der Waals surface area contributed by atoms with E-state index in [2.05, 4.69) is 11.4 Å². The number of hydrogen-bond acceptors (Lipinski definition) is 5. The van der Waals surface area contributed by atoms with Crippen molar-refractivity contribution in [3.05, 3.63) is 35.9 Å². The molecule has 0 heterocycles. The van der Waals surface area contributed by atoms with Crippen molar-refractivity contribution in [1.82, 2.24) is 5.32 Å². The van der Waals surface area contributed by atoms with Crippen molar-refractivity contribution in [2.75, 3.05) is 21.3 Å². The first-order valence-electron chi connectivity index (χ1n) is 5.41. The summed E-state index contributed by atoms with van der Waals surface area (Å²) >= 11 is 0. The molecule has 0 aliphatic heterocycles. The number of methoxy groups -OCH3 is 2. The van der Waals surface area contributed by atoms with Crippen LogP contribution < -0.4 is 5.32 Å². The molecule has 0 aromatic heterocycles. The Morgan fingerprint density at radius 2 is 1.68 bits per heavy atom. The molecule has 1 N–H and O–H groups in total. The number of ether oxygens (including phenoxy) is 2. The Labute approximate surface area is 137 Å². The minimum absolute atomic E-state index is 0. The van der Waals surface area contributed by atoms with Crippen molar-refractivity contribution < 1.29 is 51.8 Å². The number of rotatable bonds is 5. The van der Waals surface area contributed by atoms with Gasteiger partial charge in [-0.2, -0.15) is 35.9 Å². The van der Waals surface area contributed by atoms with Crippen LogP contribution in [-0.2, 0) is 58.2 Å². The number of carbonyl (C=O) groups is 2. The fraction of sp³-hybridized carbons (Fsp3) is 0.385. The van der Waals surface area contributed by atoms with Gasteiger partial charge in [0.15, 0.2) is 0 Å². The first kappa shape index (κ1) is 18.2. The number of nitrogens with one attached hydrogen (secondary N) is 1. The Hall–Kier alpha value is -0.776. The third-order valence-corrected chi connectivity index (χ3v) is 2.75. The van der Waals surface area contributed by atoms with Crippen LogP contribution in [0.1, 0.15) is 5.56 Å². The normalized spacial score (nSPS) is 10.3. The van der Waals surface area contributed by atoms with Gasteiger partial charge in [0.25, 0.3) is 0 Å². The fourth-order valence-electron chi connectivity index (χ4n) is 1.71. The van der Waals surface area contributed by atoms with E-state index in [1.807, 2.05) is 0 Å². The predicted octanol–water partition coefficient (Wildman–Crippen LogP) is 0.331. The van der Waals surface area contributed by atoms with Crippen LogP contribution in [0, 0.1) is 6.07 Å². The zero-order valence-electron chi connectivity index (χ0n) is 11.2. The Bertz CT molecular complexity index is 406. The molecular weight excluding hydrogens is 323 g/mol. The Kier molecular flexibility index (Phi) is 8.06. The van der Waals surface area contributed by atoms with Crippen molar-refractivity contribution in [3.8, 4) is 0 Å².